The van der Waals surface area contributed by atoms with Gasteiger partial charge in [0.1, 0.15) is 11.9 Å². The summed E-state index contributed by atoms with van der Waals surface area (Å²) in [6, 6.07) is 3.78. The van der Waals surface area contributed by atoms with Gasteiger partial charge in [0.15, 0.2) is 0 Å². The number of nitrogens with one attached hydrogen (secondary N) is 1. The average Bonchev–Trinajstić information content (AvgIpc) is 2.87. The molecule has 25 heavy (non-hydrogen) atoms. The molecule has 0 aromatic heterocycles. The van der Waals surface area contributed by atoms with Crippen LogP contribution in [-0.2, 0) is 25.0 Å². The van der Waals surface area contributed by atoms with Crippen LogP contribution in [0.2, 0.25) is 0 Å². The largest absolute Gasteiger partial charge is 0.281 e. The van der Waals surface area contributed by atoms with E-state index in [9.17, 15) is 18.2 Å². The first kappa shape index (κ1) is 17.3. The number of carbonyl (C=O) groups is 2. The highest BCUT2D eigenvalue weighted by molar-refractivity contribution is 7.81. The summed E-state index contributed by atoms with van der Waals surface area (Å²) in [7, 11) is 1.19. The Labute approximate surface area is 145 Å². The Morgan fingerprint density at radius 2 is 1.84 bits per heavy atom. The molecule has 3 rings (SSSR count). The van der Waals surface area contributed by atoms with Gasteiger partial charge in [-0.1, -0.05) is 0 Å². The number of amides is 2. The Balaban J connectivity index is 2.04. The molecule has 9 heteroatoms. The fraction of sp³-hybridized carbons (Fsp3) is 0.312. The highest BCUT2D eigenvalue weighted by atomic mass is 32.2. The monoisotopic (exact) mass is 363 g/mol. The van der Waals surface area contributed by atoms with E-state index in [1.807, 2.05) is 0 Å². The molecule has 130 valence electrons. The number of rotatable bonds is 4. The second kappa shape index (κ2) is 6.74. The lowest BCUT2D eigenvalue weighted by Crippen LogP contribution is -2.32. The van der Waals surface area contributed by atoms with Crippen molar-refractivity contribution in [3.8, 4) is 6.07 Å². The van der Waals surface area contributed by atoms with Crippen molar-refractivity contribution in [2.75, 3.05) is 16.7 Å². The molecule has 1 unspecified atom stereocenters. The minimum absolute atomic E-state index is 0.00422. The zero-order chi connectivity index (χ0) is 18.1. The van der Waals surface area contributed by atoms with Gasteiger partial charge in [0.05, 0.1) is 24.0 Å². The predicted molar refractivity (Wildman–Crippen MR) is 87.9 cm³/mol. The molecule has 0 bridgehead atoms. The Bertz CT molecular complexity index is 847. The molecule has 1 aromatic carbocycles. The van der Waals surface area contributed by atoms with Gasteiger partial charge in [0.2, 0.25) is 0 Å². The van der Waals surface area contributed by atoms with E-state index in [0.29, 0.717) is 24.0 Å². The van der Waals surface area contributed by atoms with Gasteiger partial charge >= 0.3 is 0 Å². The van der Waals surface area contributed by atoms with Crippen LogP contribution in [0, 0.1) is 17.1 Å². The van der Waals surface area contributed by atoms with Gasteiger partial charge < -0.3 is 0 Å². The molecule has 2 amide bonds. The van der Waals surface area contributed by atoms with E-state index in [0.717, 1.165) is 29.9 Å². The van der Waals surface area contributed by atoms with Gasteiger partial charge in [-0.05, 0) is 37.8 Å². The number of benzene rings is 1. The van der Waals surface area contributed by atoms with Crippen molar-refractivity contribution in [1.29, 1.82) is 5.26 Å². The van der Waals surface area contributed by atoms with Crippen LogP contribution in [0.3, 0.4) is 0 Å². The second-order valence-corrected chi connectivity index (χ2v) is 6.58. The summed E-state index contributed by atoms with van der Waals surface area (Å²) in [4.78, 5) is 25.9. The van der Waals surface area contributed by atoms with Gasteiger partial charge in [0.25, 0.3) is 23.1 Å². The minimum Gasteiger partial charge on any atom is -0.281 e. The molecule has 2 aliphatic rings. The molecule has 0 spiro atoms. The third-order valence-corrected chi connectivity index (χ3v) is 4.87. The summed E-state index contributed by atoms with van der Waals surface area (Å²) >= 11 is -1.95. The lowest BCUT2D eigenvalue weighted by atomic mass is 9.93. The maximum Gasteiger partial charge on any atom is 0.261 e. The van der Waals surface area contributed by atoms with Crippen LogP contribution in [0.1, 0.15) is 31.2 Å². The number of hydrogen-bond acceptors (Lipinski definition) is 5. The molecular formula is C16H14FN3O4S. The fourth-order valence-electron chi connectivity index (χ4n) is 3.00. The maximum absolute atomic E-state index is 14.5. The normalized spacial score (nSPS) is 18.2. The third kappa shape index (κ3) is 2.94. The zero-order valence-corrected chi connectivity index (χ0v) is 14.1. The molecule has 0 saturated heterocycles. The third-order valence-electron chi connectivity index (χ3n) is 4.18. The van der Waals surface area contributed by atoms with Gasteiger partial charge in [-0.15, -0.1) is 0 Å². The molecule has 1 aromatic rings. The average molecular weight is 363 g/mol. The van der Waals surface area contributed by atoms with Crippen LogP contribution in [0.5, 0.6) is 0 Å². The van der Waals surface area contributed by atoms with Crippen LogP contribution >= 0.6 is 0 Å². The Morgan fingerprint density at radius 3 is 2.36 bits per heavy atom. The van der Waals surface area contributed by atoms with E-state index in [2.05, 4.69) is 8.91 Å². The first-order valence-electron chi connectivity index (χ1n) is 7.55. The zero-order valence-electron chi connectivity index (χ0n) is 13.3. The first-order valence-corrected chi connectivity index (χ1v) is 8.62. The van der Waals surface area contributed by atoms with Crippen LogP contribution in [-0.4, -0.2) is 23.1 Å². The lowest BCUT2D eigenvalue weighted by molar-refractivity contribution is -0.120. The number of nitrogens with zero attached hydrogens (tertiary/aromatic N) is 2. The summed E-state index contributed by atoms with van der Waals surface area (Å²) in [6.45, 7) is 0. The van der Waals surface area contributed by atoms with E-state index < -0.39 is 28.9 Å². The molecule has 0 fully saturated rings. The van der Waals surface area contributed by atoms with Crippen molar-refractivity contribution in [2.24, 2.45) is 0 Å². The van der Waals surface area contributed by atoms with E-state index in [4.69, 9.17) is 5.26 Å². The Hall–Kier alpha value is -2.57. The highest BCUT2D eigenvalue weighted by Crippen LogP contribution is 2.38. The molecule has 1 aliphatic heterocycles. The van der Waals surface area contributed by atoms with Crippen LogP contribution in [0.4, 0.5) is 15.8 Å². The standard InChI is InChI=1S/C16H14FN3O4S/c1-24-25(23)19-13-7-14(12(17)6-9(13)8-18)20-15(21)10-4-2-3-5-11(10)16(20)22/h6-7,19H,2-5H2,1H3. The van der Waals surface area contributed by atoms with Crippen molar-refractivity contribution in [1.82, 2.24) is 0 Å². The van der Waals surface area contributed by atoms with Crippen molar-refractivity contribution >= 4 is 34.5 Å². The van der Waals surface area contributed by atoms with Crippen molar-refractivity contribution < 1.29 is 22.4 Å². The molecule has 7 nitrogen and oxygen atoms in total. The molecule has 1 aliphatic carbocycles. The number of hydrogen-bond donors (Lipinski definition) is 1. The second-order valence-electron chi connectivity index (χ2n) is 5.57. The first-order chi connectivity index (χ1) is 12.0. The number of imide groups is 1. The van der Waals surface area contributed by atoms with Crippen molar-refractivity contribution in [3.05, 3.63) is 34.7 Å². The highest BCUT2D eigenvalue weighted by Gasteiger charge is 2.41. The summed E-state index contributed by atoms with van der Waals surface area (Å²) in [5.41, 5.74) is 0.456. The predicted octanol–water partition coefficient (Wildman–Crippen LogP) is 2.08. The van der Waals surface area contributed by atoms with E-state index in [1.165, 1.54) is 7.11 Å². The van der Waals surface area contributed by atoms with Gasteiger partial charge in [-0.2, -0.15) is 5.26 Å². The quantitative estimate of drug-likeness (QED) is 0.826. The van der Waals surface area contributed by atoms with Gasteiger partial charge in [-0.3, -0.25) is 18.5 Å². The summed E-state index contributed by atoms with van der Waals surface area (Å²) in [6.07, 6.45) is 2.60. The number of carbonyl (C=O) groups excluding carboxylic acids is 2. The lowest BCUT2D eigenvalue weighted by Gasteiger charge is -2.18. The summed E-state index contributed by atoms with van der Waals surface area (Å²) in [5, 5.41) is 9.11. The molecule has 1 heterocycles. The van der Waals surface area contributed by atoms with Crippen molar-refractivity contribution in [3.63, 3.8) is 0 Å². The number of nitriles is 1. The topological polar surface area (TPSA) is 99.5 Å². The number of anilines is 2. The summed E-state index contributed by atoms with van der Waals surface area (Å²) < 4.78 is 32.9. The van der Waals surface area contributed by atoms with Gasteiger partial charge in [-0.25, -0.2) is 13.5 Å². The van der Waals surface area contributed by atoms with Crippen LogP contribution in [0.15, 0.2) is 23.3 Å². The van der Waals surface area contributed by atoms with E-state index in [-0.39, 0.29) is 16.9 Å². The van der Waals surface area contributed by atoms with Crippen molar-refractivity contribution in [2.45, 2.75) is 25.7 Å². The molecule has 1 N–H and O–H groups in total. The Morgan fingerprint density at radius 1 is 1.24 bits per heavy atom. The van der Waals surface area contributed by atoms with Crippen LogP contribution < -0.4 is 9.62 Å². The molecule has 0 radical (unpaired) electrons. The molecule has 1 atom stereocenters. The molecular weight excluding hydrogens is 349 g/mol. The summed E-state index contributed by atoms with van der Waals surface area (Å²) in [5.74, 6) is -1.96. The minimum atomic E-state index is -1.95. The SMILES string of the molecule is COS(=O)Nc1cc(N2C(=O)C3=C(CCCC3)C2=O)c(F)cc1C#N. The van der Waals surface area contributed by atoms with E-state index >= 15 is 0 Å². The fourth-order valence-corrected chi connectivity index (χ4v) is 3.43. The van der Waals surface area contributed by atoms with E-state index in [1.54, 1.807) is 6.07 Å². The van der Waals surface area contributed by atoms with Gasteiger partial charge in [0, 0.05) is 11.1 Å². The van der Waals surface area contributed by atoms with Crippen LogP contribution in [0.25, 0.3) is 0 Å². The number of halogens is 1. The Kier molecular flexibility index (Phi) is 4.65. The molecule has 0 saturated carbocycles. The maximum atomic E-state index is 14.5. The smallest absolute Gasteiger partial charge is 0.261 e.